The van der Waals surface area contributed by atoms with Gasteiger partial charge in [0.2, 0.25) is 0 Å². The predicted molar refractivity (Wildman–Crippen MR) is 91.5 cm³/mol. The molecule has 0 aliphatic rings. The van der Waals surface area contributed by atoms with Crippen LogP contribution in [0.2, 0.25) is 5.02 Å². The summed E-state index contributed by atoms with van der Waals surface area (Å²) in [5.41, 5.74) is 4.57. The molecule has 0 bridgehead atoms. The Hall–Kier alpha value is -1.43. The van der Waals surface area contributed by atoms with Crippen molar-refractivity contribution in [1.82, 2.24) is 4.98 Å². The Morgan fingerprint density at radius 1 is 1.33 bits per heavy atom. The maximum Gasteiger partial charge on any atom is 0.256 e. The van der Waals surface area contributed by atoms with Crippen molar-refractivity contribution in [3.63, 3.8) is 0 Å². The van der Waals surface area contributed by atoms with Crippen LogP contribution in [0.4, 0.5) is 5.69 Å². The number of hydrogen-bond donors (Lipinski definition) is 1. The van der Waals surface area contributed by atoms with E-state index in [2.05, 4.69) is 26.2 Å². The molecule has 0 fully saturated rings. The molecule has 0 saturated heterocycles. The number of fused-ring (bicyclic) bond motifs is 1. The van der Waals surface area contributed by atoms with Crippen molar-refractivity contribution in [3.05, 3.63) is 56.5 Å². The summed E-state index contributed by atoms with van der Waals surface area (Å²) in [5, 5.41) is 3.34. The minimum absolute atomic E-state index is 0.215. The Balaban J connectivity index is 2.02. The third-order valence-electron chi connectivity index (χ3n) is 3.13. The average Bonchev–Trinajstić information content (AvgIpc) is 2.93. The van der Waals surface area contributed by atoms with E-state index in [1.54, 1.807) is 17.6 Å². The van der Waals surface area contributed by atoms with Gasteiger partial charge in [0, 0.05) is 4.47 Å². The SMILES string of the molecule is Cc1cccc(C(=O)Nc2c(Cl)ccc3scnc23)c1Br. The number of amides is 1. The summed E-state index contributed by atoms with van der Waals surface area (Å²) >= 11 is 11.2. The molecule has 0 aliphatic carbocycles. The molecule has 0 aliphatic heterocycles. The van der Waals surface area contributed by atoms with Crippen LogP contribution in [-0.2, 0) is 0 Å². The molecule has 0 saturated carbocycles. The summed E-state index contributed by atoms with van der Waals surface area (Å²) < 4.78 is 1.77. The summed E-state index contributed by atoms with van der Waals surface area (Å²) in [5.74, 6) is -0.215. The largest absolute Gasteiger partial charge is 0.319 e. The molecule has 6 heteroatoms. The highest BCUT2D eigenvalue weighted by Gasteiger charge is 2.16. The van der Waals surface area contributed by atoms with Gasteiger partial charge in [0.15, 0.2) is 0 Å². The molecule has 1 aromatic heterocycles. The first-order chi connectivity index (χ1) is 10.1. The maximum absolute atomic E-state index is 12.5. The van der Waals surface area contributed by atoms with Crippen LogP contribution in [-0.4, -0.2) is 10.9 Å². The monoisotopic (exact) mass is 380 g/mol. The molecule has 2 aromatic carbocycles. The number of carbonyl (C=O) groups is 1. The van der Waals surface area contributed by atoms with E-state index in [-0.39, 0.29) is 5.91 Å². The van der Waals surface area contributed by atoms with Gasteiger partial charge in [-0.2, -0.15) is 0 Å². The van der Waals surface area contributed by atoms with Crippen molar-refractivity contribution >= 4 is 60.7 Å². The summed E-state index contributed by atoms with van der Waals surface area (Å²) in [4.78, 5) is 16.8. The van der Waals surface area contributed by atoms with E-state index in [9.17, 15) is 4.79 Å². The van der Waals surface area contributed by atoms with E-state index >= 15 is 0 Å². The number of nitrogens with zero attached hydrogens (tertiary/aromatic N) is 1. The van der Waals surface area contributed by atoms with Gasteiger partial charge in [0.25, 0.3) is 5.91 Å². The minimum atomic E-state index is -0.215. The third-order valence-corrected chi connectivity index (χ3v) is 5.29. The van der Waals surface area contributed by atoms with Gasteiger partial charge in [-0.3, -0.25) is 4.79 Å². The lowest BCUT2D eigenvalue weighted by atomic mass is 10.1. The molecule has 3 aromatic rings. The second kappa shape index (κ2) is 5.75. The van der Waals surface area contributed by atoms with Gasteiger partial charge in [0.1, 0.15) is 5.52 Å². The summed E-state index contributed by atoms with van der Waals surface area (Å²) in [6, 6.07) is 9.22. The molecular weight excluding hydrogens is 372 g/mol. The number of nitrogens with one attached hydrogen (secondary N) is 1. The Bertz CT molecular complexity index is 847. The van der Waals surface area contributed by atoms with Crippen LogP contribution in [0.25, 0.3) is 10.2 Å². The molecule has 106 valence electrons. The standard InChI is InChI=1S/C15H10BrClN2OS/c1-8-3-2-4-9(12(8)16)15(20)19-13-10(17)5-6-11-14(13)18-7-21-11/h2-7H,1H3,(H,19,20). The van der Waals surface area contributed by atoms with Gasteiger partial charge in [-0.05, 0) is 46.6 Å². The number of thiazole rings is 1. The van der Waals surface area contributed by atoms with Gasteiger partial charge in [-0.1, -0.05) is 23.7 Å². The molecule has 0 unspecified atom stereocenters. The number of rotatable bonds is 2. The Labute approximate surface area is 139 Å². The molecular formula is C15H10BrClN2OS. The van der Waals surface area contributed by atoms with Crippen molar-refractivity contribution in [3.8, 4) is 0 Å². The number of carbonyl (C=O) groups excluding carboxylic acids is 1. The third kappa shape index (κ3) is 2.69. The summed E-state index contributed by atoms with van der Waals surface area (Å²) in [6.45, 7) is 1.94. The van der Waals surface area contributed by atoms with Gasteiger partial charge >= 0.3 is 0 Å². The second-order valence-corrected chi connectivity index (χ2v) is 6.60. The first-order valence-electron chi connectivity index (χ1n) is 6.16. The topological polar surface area (TPSA) is 42.0 Å². The lowest BCUT2D eigenvalue weighted by Gasteiger charge is -2.10. The van der Waals surface area contributed by atoms with E-state index in [1.165, 1.54) is 11.3 Å². The summed E-state index contributed by atoms with van der Waals surface area (Å²) in [6.07, 6.45) is 0. The van der Waals surface area contributed by atoms with Crippen molar-refractivity contribution in [2.45, 2.75) is 6.92 Å². The van der Waals surface area contributed by atoms with Crippen LogP contribution in [0.15, 0.2) is 40.3 Å². The van der Waals surface area contributed by atoms with E-state index < -0.39 is 0 Å². The smallest absolute Gasteiger partial charge is 0.256 e. The molecule has 1 amide bonds. The number of benzene rings is 2. The predicted octanol–water partition coefficient (Wildman–Crippen LogP) is 5.27. The van der Waals surface area contributed by atoms with E-state index in [1.807, 2.05) is 25.1 Å². The molecule has 0 spiro atoms. The molecule has 3 nitrogen and oxygen atoms in total. The van der Waals surface area contributed by atoms with Crippen molar-refractivity contribution in [2.24, 2.45) is 0 Å². The highest BCUT2D eigenvalue weighted by atomic mass is 79.9. The van der Waals surface area contributed by atoms with E-state index in [0.29, 0.717) is 21.8 Å². The van der Waals surface area contributed by atoms with Gasteiger partial charge in [-0.15, -0.1) is 11.3 Å². The molecule has 0 radical (unpaired) electrons. The van der Waals surface area contributed by atoms with E-state index in [0.717, 1.165) is 14.7 Å². The zero-order valence-corrected chi connectivity index (χ0v) is 14.1. The van der Waals surface area contributed by atoms with Crippen molar-refractivity contribution in [2.75, 3.05) is 5.32 Å². The molecule has 21 heavy (non-hydrogen) atoms. The van der Waals surface area contributed by atoms with Crippen LogP contribution >= 0.6 is 38.9 Å². The van der Waals surface area contributed by atoms with Gasteiger partial charge in [-0.25, -0.2) is 4.98 Å². The van der Waals surface area contributed by atoms with Crippen molar-refractivity contribution in [1.29, 1.82) is 0 Å². The van der Waals surface area contributed by atoms with Crippen LogP contribution < -0.4 is 5.32 Å². The fourth-order valence-corrected chi connectivity index (χ4v) is 3.36. The number of anilines is 1. The highest BCUT2D eigenvalue weighted by molar-refractivity contribution is 9.10. The first kappa shape index (κ1) is 14.5. The number of aromatic nitrogens is 1. The number of aryl methyl sites for hydroxylation is 1. The van der Waals surface area contributed by atoms with Crippen LogP contribution in [0.5, 0.6) is 0 Å². The van der Waals surface area contributed by atoms with Gasteiger partial charge in [0.05, 0.1) is 26.5 Å². The van der Waals surface area contributed by atoms with Crippen LogP contribution in [0, 0.1) is 6.92 Å². The fourth-order valence-electron chi connectivity index (χ4n) is 2.03. The maximum atomic E-state index is 12.5. The normalized spacial score (nSPS) is 10.8. The second-order valence-electron chi connectivity index (χ2n) is 4.51. The van der Waals surface area contributed by atoms with Gasteiger partial charge < -0.3 is 5.32 Å². The van der Waals surface area contributed by atoms with Crippen LogP contribution in [0.1, 0.15) is 15.9 Å². The lowest BCUT2D eigenvalue weighted by molar-refractivity contribution is 0.102. The van der Waals surface area contributed by atoms with Crippen molar-refractivity contribution < 1.29 is 4.79 Å². The average molecular weight is 382 g/mol. The lowest BCUT2D eigenvalue weighted by Crippen LogP contribution is -2.13. The minimum Gasteiger partial charge on any atom is -0.319 e. The number of halogens is 2. The quantitative estimate of drug-likeness (QED) is 0.657. The number of hydrogen-bond acceptors (Lipinski definition) is 3. The highest BCUT2D eigenvalue weighted by Crippen LogP contribution is 2.33. The Morgan fingerprint density at radius 3 is 2.95 bits per heavy atom. The first-order valence-corrected chi connectivity index (χ1v) is 8.21. The fraction of sp³-hybridized carbons (Fsp3) is 0.0667. The molecule has 1 N–H and O–H groups in total. The zero-order chi connectivity index (χ0) is 15.0. The molecule has 3 rings (SSSR count). The zero-order valence-electron chi connectivity index (χ0n) is 11.0. The molecule has 0 atom stereocenters. The van der Waals surface area contributed by atoms with Crippen LogP contribution in [0.3, 0.4) is 0 Å². The molecule has 1 heterocycles. The Morgan fingerprint density at radius 2 is 2.14 bits per heavy atom. The van der Waals surface area contributed by atoms with E-state index in [4.69, 9.17) is 11.6 Å². The Kier molecular flexibility index (Phi) is 3.97. The summed E-state index contributed by atoms with van der Waals surface area (Å²) in [7, 11) is 0.